The predicted octanol–water partition coefficient (Wildman–Crippen LogP) is 8.06. The Hall–Kier alpha value is -1.60. The van der Waals surface area contributed by atoms with Crippen LogP contribution >= 0.6 is 0 Å². The van der Waals surface area contributed by atoms with Crippen molar-refractivity contribution in [1.29, 1.82) is 0 Å². The van der Waals surface area contributed by atoms with Crippen LogP contribution in [0.4, 0.5) is 0 Å². The summed E-state index contributed by atoms with van der Waals surface area (Å²) in [7, 11) is 0. The van der Waals surface area contributed by atoms with Crippen molar-refractivity contribution in [2.24, 2.45) is 0 Å². The normalized spacial score (nSPS) is 23.8. The zero-order valence-corrected chi connectivity index (χ0v) is 19.3. The van der Waals surface area contributed by atoms with Gasteiger partial charge >= 0.3 is 0 Å². The van der Waals surface area contributed by atoms with Gasteiger partial charge in [0, 0.05) is 12.0 Å². The molecule has 2 saturated carbocycles. The first-order valence-electron chi connectivity index (χ1n) is 13.3. The molecule has 1 N–H and O–H groups in total. The van der Waals surface area contributed by atoms with E-state index in [1.807, 2.05) is 0 Å². The van der Waals surface area contributed by atoms with Crippen LogP contribution in [-0.2, 0) is 0 Å². The van der Waals surface area contributed by atoms with Gasteiger partial charge in [0.25, 0.3) is 0 Å². The first kappa shape index (κ1) is 21.3. The van der Waals surface area contributed by atoms with Gasteiger partial charge in [0.1, 0.15) is 0 Å². The lowest BCUT2D eigenvalue weighted by Crippen LogP contribution is -2.39. The van der Waals surface area contributed by atoms with Crippen molar-refractivity contribution >= 4 is 0 Å². The quantitative estimate of drug-likeness (QED) is 0.521. The number of hydrogen-bond donors (Lipinski definition) is 1. The molecular weight excluding hydrogens is 374 g/mol. The van der Waals surface area contributed by atoms with Crippen molar-refractivity contribution in [2.45, 2.75) is 107 Å². The fraction of sp³-hybridized carbons (Fsp3) is 0.600. The molecule has 1 nitrogen and oxygen atoms in total. The van der Waals surface area contributed by atoms with Gasteiger partial charge in [-0.2, -0.15) is 0 Å². The lowest BCUT2D eigenvalue weighted by molar-refractivity contribution is 0.372. The summed E-state index contributed by atoms with van der Waals surface area (Å²) in [6.07, 6.45) is 18.0. The van der Waals surface area contributed by atoms with Crippen LogP contribution in [0.5, 0.6) is 0 Å². The molecule has 2 aromatic carbocycles. The Kier molecular flexibility index (Phi) is 7.09. The van der Waals surface area contributed by atoms with E-state index in [-0.39, 0.29) is 0 Å². The summed E-state index contributed by atoms with van der Waals surface area (Å²) in [5.74, 6) is 2.06. The largest absolute Gasteiger partial charge is 0.313 e. The molecule has 0 radical (unpaired) electrons. The average molecular weight is 416 g/mol. The highest BCUT2D eigenvalue weighted by molar-refractivity contribution is 5.39. The number of piperidine rings is 1. The summed E-state index contributed by atoms with van der Waals surface area (Å²) >= 11 is 0. The average Bonchev–Trinajstić information content (AvgIpc) is 2.87. The number of nitrogens with one attached hydrogen (secondary N) is 1. The van der Waals surface area contributed by atoms with Crippen LogP contribution in [0, 0.1) is 0 Å². The number of rotatable bonds is 5. The lowest BCUT2D eigenvalue weighted by atomic mass is 9.78. The topological polar surface area (TPSA) is 12.0 Å². The Bertz CT molecular complexity index is 726. The van der Waals surface area contributed by atoms with Gasteiger partial charge in [0.15, 0.2) is 0 Å². The van der Waals surface area contributed by atoms with Crippen molar-refractivity contribution in [1.82, 2.24) is 5.32 Å². The van der Waals surface area contributed by atoms with E-state index >= 15 is 0 Å². The van der Waals surface area contributed by atoms with E-state index in [9.17, 15) is 0 Å². The van der Waals surface area contributed by atoms with Gasteiger partial charge in [-0.15, -0.1) is 0 Å². The lowest BCUT2D eigenvalue weighted by Gasteiger charge is -2.33. The molecule has 1 heterocycles. The molecule has 0 amide bonds. The van der Waals surface area contributed by atoms with E-state index in [0.717, 1.165) is 11.8 Å². The van der Waals surface area contributed by atoms with Gasteiger partial charge in [0.05, 0.1) is 0 Å². The molecule has 2 aromatic rings. The summed E-state index contributed by atoms with van der Waals surface area (Å²) in [5.41, 5.74) is 6.16. The van der Waals surface area contributed by atoms with E-state index in [2.05, 4.69) is 53.8 Å². The van der Waals surface area contributed by atoms with E-state index in [1.165, 1.54) is 101 Å². The summed E-state index contributed by atoms with van der Waals surface area (Å²) in [6.45, 7) is 1.17. The Labute approximate surface area is 190 Å². The smallest absolute Gasteiger partial charge is 0.0243 e. The maximum atomic E-state index is 3.87. The van der Waals surface area contributed by atoms with E-state index in [1.54, 1.807) is 11.1 Å². The monoisotopic (exact) mass is 415 g/mol. The van der Waals surface area contributed by atoms with Crippen molar-refractivity contribution < 1.29 is 0 Å². The molecule has 0 aromatic heterocycles. The summed E-state index contributed by atoms with van der Waals surface area (Å²) in [4.78, 5) is 0. The zero-order chi connectivity index (χ0) is 20.9. The Morgan fingerprint density at radius 2 is 0.968 bits per heavy atom. The fourth-order valence-corrected chi connectivity index (χ4v) is 6.64. The van der Waals surface area contributed by atoms with Gasteiger partial charge in [-0.1, -0.05) is 93.5 Å². The minimum absolute atomic E-state index is 0.473. The van der Waals surface area contributed by atoms with Crippen LogP contribution in [0.2, 0.25) is 0 Å². The predicted molar refractivity (Wildman–Crippen MR) is 132 cm³/mol. The molecule has 31 heavy (non-hydrogen) atoms. The standard InChI is InChI=1S/C30H41N/c1-3-9-23(10-4-1)25-14-18-27(19-15-25)30(29-13-7-8-22-31-29)28-20-16-26(17-21-28)24-11-5-2-6-12-24/h14-21,23-24,29-31H,1-13,22H2. The van der Waals surface area contributed by atoms with E-state index in [0.29, 0.717) is 12.0 Å². The number of hydrogen-bond acceptors (Lipinski definition) is 1. The number of benzene rings is 2. The second-order valence-electron chi connectivity index (χ2n) is 10.5. The van der Waals surface area contributed by atoms with Gasteiger partial charge < -0.3 is 5.32 Å². The first-order chi connectivity index (χ1) is 15.4. The third-order valence-electron chi connectivity index (χ3n) is 8.50. The van der Waals surface area contributed by atoms with E-state index < -0.39 is 0 Å². The molecule has 1 heteroatoms. The second kappa shape index (κ2) is 10.3. The first-order valence-corrected chi connectivity index (χ1v) is 13.3. The van der Waals surface area contributed by atoms with Crippen LogP contribution < -0.4 is 5.32 Å². The van der Waals surface area contributed by atoms with Crippen molar-refractivity contribution in [3.8, 4) is 0 Å². The SMILES string of the molecule is c1cc(C(c2ccc(C3CCCCC3)cc2)C2CCCCN2)ccc1C1CCCCC1. The van der Waals surface area contributed by atoms with Crippen LogP contribution in [0.15, 0.2) is 48.5 Å². The summed E-state index contributed by atoms with van der Waals surface area (Å²) in [6, 6.07) is 20.2. The maximum absolute atomic E-state index is 3.87. The van der Waals surface area contributed by atoms with Crippen LogP contribution in [-0.4, -0.2) is 12.6 Å². The summed E-state index contributed by atoms with van der Waals surface area (Å²) < 4.78 is 0. The molecule has 1 aliphatic heterocycles. The Morgan fingerprint density at radius 3 is 1.39 bits per heavy atom. The molecule has 0 bridgehead atoms. The molecule has 3 aliphatic rings. The minimum Gasteiger partial charge on any atom is -0.313 e. The fourth-order valence-electron chi connectivity index (χ4n) is 6.64. The molecule has 0 spiro atoms. The molecule has 1 atom stereocenters. The third-order valence-corrected chi connectivity index (χ3v) is 8.50. The third kappa shape index (κ3) is 5.08. The molecule has 1 saturated heterocycles. The van der Waals surface area contributed by atoms with E-state index in [4.69, 9.17) is 0 Å². The highest BCUT2D eigenvalue weighted by Crippen LogP contribution is 2.37. The van der Waals surface area contributed by atoms with Crippen molar-refractivity contribution in [3.63, 3.8) is 0 Å². The van der Waals surface area contributed by atoms with Crippen LogP contribution in [0.3, 0.4) is 0 Å². The maximum Gasteiger partial charge on any atom is 0.0243 e. The highest BCUT2D eigenvalue weighted by Gasteiger charge is 2.27. The van der Waals surface area contributed by atoms with Crippen LogP contribution in [0.1, 0.15) is 123 Å². The van der Waals surface area contributed by atoms with Gasteiger partial charge in [-0.05, 0) is 79.2 Å². The Morgan fingerprint density at radius 1 is 0.516 bits per heavy atom. The van der Waals surface area contributed by atoms with Crippen LogP contribution in [0.25, 0.3) is 0 Å². The Balaban J connectivity index is 1.39. The molecule has 5 rings (SSSR count). The molecule has 1 unspecified atom stereocenters. The summed E-state index contributed by atoms with van der Waals surface area (Å²) in [5, 5.41) is 3.87. The highest BCUT2D eigenvalue weighted by atomic mass is 14.9. The van der Waals surface area contributed by atoms with Gasteiger partial charge in [-0.3, -0.25) is 0 Å². The minimum atomic E-state index is 0.473. The van der Waals surface area contributed by atoms with Gasteiger partial charge in [0.2, 0.25) is 0 Å². The second-order valence-corrected chi connectivity index (χ2v) is 10.5. The van der Waals surface area contributed by atoms with Crippen molar-refractivity contribution in [2.75, 3.05) is 6.54 Å². The molecule has 3 fully saturated rings. The van der Waals surface area contributed by atoms with Crippen molar-refractivity contribution in [3.05, 3.63) is 70.8 Å². The zero-order valence-electron chi connectivity index (χ0n) is 19.3. The molecule has 2 aliphatic carbocycles. The molecular formula is C30H41N. The van der Waals surface area contributed by atoms with Gasteiger partial charge in [-0.25, -0.2) is 0 Å². The molecule has 166 valence electrons.